The van der Waals surface area contributed by atoms with Gasteiger partial charge in [0.1, 0.15) is 0 Å². The first-order chi connectivity index (χ1) is 17.0. The molecule has 0 unspecified atom stereocenters. The first-order valence-corrected chi connectivity index (χ1v) is 18.9. The molecule has 0 fully saturated rings. The minimum atomic E-state index is -2.28. The van der Waals surface area contributed by atoms with Crippen LogP contribution in [-0.2, 0) is 27.7 Å². The maximum atomic E-state index is 6.48. The van der Waals surface area contributed by atoms with E-state index in [2.05, 4.69) is 46.6 Å². The average molecular weight is 546 g/mol. The third kappa shape index (κ3) is 16.9. The van der Waals surface area contributed by atoms with Gasteiger partial charge < -0.3 is 0 Å². The molecule has 0 aliphatic heterocycles. The van der Waals surface area contributed by atoms with E-state index in [0.717, 1.165) is 109 Å². The Morgan fingerprint density at radius 2 is 0.886 bits per heavy atom. The predicted molar refractivity (Wildman–Crippen MR) is 156 cm³/mol. The van der Waals surface area contributed by atoms with Crippen LogP contribution in [0.2, 0.25) is 0 Å². The molecular weight excluding hydrogens is 484 g/mol. The molecule has 0 aliphatic carbocycles. The Morgan fingerprint density at radius 1 is 0.486 bits per heavy atom. The zero-order valence-corrected chi connectivity index (χ0v) is 26.3. The fourth-order valence-electron chi connectivity index (χ4n) is 4.05. The van der Waals surface area contributed by atoms with Gasteiger partial charge in [0, 0.05) is 0 Å². The molecule has 0 rings (SSSR count). The van der Waals surface area contributed by atoms with Gasteiger partial charge in [-0.3, -0.25) is 0 Å². The third-order valence-electron chi connectivity index (χ3n) is 5.79. The summed E-state index contributed by atoms with van der Waals surface area (Å²) >= 11 is 0. The summed E-state index contributed by atoms with van der Waals surface area (Å²) in [5.41, 5.74) is 0. The van der Waals surface area contributed by atoms with Gasteiger partial charge in [0.25, 0.3) is 0 Å². The molecule has 0 atom stereocenters. The van der Waals surface area contributed by atoms with Gasteiger partial charge in [-0.15, -0.1) is 0 Å². The Morgan fingerprint density at radius 3 is 1.20 bits per heavy atom. The molecule has 0 radical (unpaired) electrons. The van der Waals surface area contributed by atoms with E-state index in [9.17, 15) is 0 Å². The van der Waals surface area contributed by atoms with Crippen molar-refractivity contribution in [3.63, 3.8) is 0 Å². The van der Waals surface area contributed by atoms with Crippen LogP contribution in [0.15, 0.2) is 0 Å². The second-order valence-corrected chi connectivity index (χ2v) is 16.1. The molecule has 35 heavy (non-hydrogen) atoms. The van der Waals surface area contributed by atoms with Crippen LogP contribution in [-0.4, -0.2) is 89.6 Å². The van der Waals surface area contributed by atoms with Gasteiger partial charge in [0.15, 0.2) is 0 Å². The van der Waals surface area contributed by atoms with Gasteiger partial charge in [-0.25, -0.2) is 0 Å². The first-order valence-electron chi connectivity index (χ1n) is 14.4. The minimum absolute atomic E-state index is 0.649. The molecule has 9 heteroatoms. The fraction of sp³-hybridized carbons (Fsp3) is 1.00. The molecule has 0 saturated carbocycles. The van der Waals surface area contributed by atoms with Crippen molar-refractivity contribution in [2.75, 3.05) is 84.5 Å². The third-order valence-corrected chi connectivity index (χ3v) is 13.2. The molecule has 7 nitrogen and oxygen atoms in total. The number of hydrogen-bond acceptors (Lipinski definition) is 7. The van der Waals surface area contributed by atoms with Crippen LogP contribution in [0.1, 0.15) is 86.5 Å². The van der Waals surface area contributed by atoms with Crippen molar-refractivity contribution < 1.29 is 27.7 Å². The van der Waals surface area contributed by atoms with E-state index in [1.807, 2.05) is 0 Å². The van der Waals surface area contributed by atoms with Crippen molar-refractivity contribution in [2.24, 2.45) is 0 Å². The van der Waals surface area contributed by atoms with E-state index in [1.165, 1.54) is 0 Å². The van der Waals surface area contributed by atoms with Gasteiger partial charge in [0.2, 0.25) is 0 Å². The van der Waals surface area contributed by atoms with E-state index in [-0.39, 0.29) is 0 Å². The monoisotopic (exact) mass is 545 g/mol. The maximum absolute atomic E-state index is 6.48. The van der Waals surface area contributed by atoms with Crippen LogP contribution in [0.25, 0.3) is 0 Å². The van der Waals surface area contributed by atoms with Crippen LogP contribution in [0, 0.1) is 0 Å². The number of hydroxylamine groups is 2. The first kappa shape index (κ1) is 35.6. The molecule has 0 heterocycles. The van der Waals surface area contributed by atoms with Crippen molar-refractivity contribution in [3.05, 3.63) is 0 Å². The summed E-state index contributed by atoms with van der Waals surface area (Å²) in [6.07, 6.45) is 11.0. The Hall–Kier alpha value is 0.580. The number of ether oxygens (including phenoxy) is 1. The standard InChI is InChI=1S/C26H61NO6P2/c1-8-17-30-34(23-12-5,31-18-9-2)25-15-27(29-22-14-21-28-7)16-26-35(24-13-6,32-19-10-3)33-20-11-4/h34-35H,8-26H2,1-7H3. The van der Waals surface area contributed by atoms with Gasteiger partial charge in [-0.2, -0.15) is 0 Å². The molecule has 0 spiro atoms. The molecule has 0 aromatic carbocycles. The van der Waals surface area contributed by atoms with E-state index in [4.69, 9.17) is 27.7 Å². The van der Waals surface area contributed by atoms with Crippen molar-refractivity contribution in [1.82, 2.24) is 5.06 Å². The molecule has 0 N–H and O–H groups in total. The Bertz CT molecular complexity index is 412. The van der Waals surface area contributed by atoms with E-state index < -0.39 is 15.4 Å². The molecular formula is C26H61NO6P2. The Balaban J connectivity index is 5.48. The molecule has 0 saturated heterocycles. The SMILES string of the molecule is CCCO[PH](CCC)(CCN(CC[PH](CCC)(OCCC)OCCC)OCCCOC)OCCC. The van der Waals surface area contributed by atoms with E-state index in [1.54, 1.807) is 7.11 Å². The number of nitrogens with zero attached hydrogens (tertiary/aromatic N) is 1. The zero-order chi connectivity index (χ0) is 26.3. The average Bonchev–Trinajstić information content (AvgIpc) is 2.87. The molecule has 0 aromatic heterocycles. The summed E-state index contributed by atoms with van der Waals surface area (Å²) < 4.78 is 31.1. The van der Waals surface area contributed by atoms with Gasteiger partial charge in [0.05, 0.1) is 0 Å². The van der Waals surface area contributed by atoms with Crippen LogP contribution in [0.4, 0.5) is 0 Å². The van der Waals surface area contributed by atoms with Crippen molar-refractivity contribution >= 4 is 15.4 Å². The van der Waals surface area contributed by atoms with Gasteiger partial charge in [-0.05, 0) is 0 Å². The van der Waals surface area contributed by atoms with Crippen LogP contribution in [0.5, 0.6) is 0 Å². The Labute approximate surface area is 219 Å². The second-order valence-electron chi connectivity index (χ2n) is 9.32. The summed E-state index contributed by atoms with van der Waals surface area (Å²) in [5.74, 6) is 0. The van der Waals surface area contributed by atoms with Crippen LogP contribution >= 0.6 is 15.4 Å². The fourth-order valence-corrected chi connectivity index (χ4v) is 10.9. The molecule has 0 aliphatic rings. The topological polar surface area (TPSA) is 58.6 Å². The predicted octanol–water partition coefficient (Wildman–Crippen LogP) is 6.94. The quantitative estimate of drug-likeness (QED) is 0.0629. The van der Waals surface area contributed by atoms with E-state index in [0.29, 0.717) is 13.2 Å². The van der Waals surface area contributed by atoms with Crippen LogP contribution in [0.3, 0.4) is 0 Å². The summed E-state index contributed by atoms with van der Waals surface area (Å²) in [5, 5.41) is 2.14. The van der Waals surface area contributed by atoms with Gasteiger partial charge >= 0.3 is 219 Å². The summed E-state index contributed by atoms with van der Waals surface area (Å²) in [6.45, 7) is 19.2. The molecule has 0 bridgehead atoms. The summed E-state index contributed by atoms with van der Waals surface area (Å²) in [6, 6.07) is 0. The van der Waals surface area contributed by atoms with Crippen molar-refractivity contribution in [2.45, 2.75) is 86.5 Å². The summed E-state index contributed by atoms with van der Waals surface area (Å²) in [7, 11) is -2.83. The second kappa shape index (κ2) is 23.7. The summed E-state index contributed by atoms with van der Waals surface area (Å²) in [4.78, 5) is 6.28. The van der Waals surface area contributed by atoms with E-state index >= 15 is 0 Å². The number of hydrogen-bond donors (Lipinski definition) is 0. The molecule has 0 amide bonds. The van der Waals surface area contributed by atoms with Crippen molar-refractivity contribution in [1.29, 1.82) is 0 Å². The zero-order valence-electron chi connectivity index (χ0n) is 24.3. The van der Waals surface area contributed by atoms with Crippen molar-refractivity contribution in [3.8, 4) is 0 Å². The molecule has 0 aromatic rings. The Kier molecular flexibility index (Phi) is 24.1. The molecule has 216 valence electrons. The van der Waals surface area contributed by atoms with Crippen LogP contribution < -0.4 is 0 Å². The number of methoxy groups -OCH3 is 1. The van der Waals surface area contributed by atoms with Gasteiger partial charge in [-0.1, -0.05) is 0 Å². The number of rotatable bonds is 27. The normalized spacial score (nSPS) is 13.6.